The normalized spacial score (nSPS) is 12.8. The molecule has 1 N–H and O–H groups in total. The first-order chi connectivity index (χ1) is 19.7. The molecule has 1 unspecified atom stereocenters. The molecule has 0 fully saturated rings. The molecular weight excluding hydrogens is 517 g/mol. The highest BCUT2D eigenvalue weighted by Crippen LogP contribution is 2.26. The zero-order valence-electron chi connectivity index (χ0n) is 23.7. The number of nitrogens with zero attached hydrogens (tertiary/aromatic N) is 3. The first-order valence-corrected chi connectivity index (χ1v) is 13.6. The van der Waals surface area contributed by atoms with Gasteiger partial charge in [0, 0.05) is 18.1 Å². The molecule has 2 heterocycles. The molecule has 0 saturated carbocycles. The van der Waals surface area contributed by atoms with E-state index in [-0.39, 0.29) is 29.6 Å². The van der Waals surface area contributed by atoms with Crippen LogP contribution in [0.3, 0.4) is 0 Å². The predicted molar refractivity (Wildman–Crippen MR) is 158 cm³/mol. The number of aliphatic hydroxyl groups is 1. The number of hydrogen-bond donors (Lipinski definition) is 1. The lowest BCUT2D eigenvalue weighted by Crippen LogP contribution is -2.29. The lowest BCUT2D eigenvalue weighted by atomic mass is 9.98. The molecule has 0 radical (unpaired) electrons. The Kier molecular flexibility index (Phi) is 8.28. The average Bonchev–Trinajstić information content (AvgIpc) is 3.40. The average molecular weight is 552 g/mol. The summed E-state index contributed by atoms with van der Waals surface area (Å²) < 4.78 is 23.1. The molecule has 0 aliphatic rings. The smallest absolute Gasteiger partial charge is 0.257 e. The van der Waals surface area contributed by atoms with Gasteiger partial charge >= 0.3 is 0 Å². The summed E-state index contributed by atoms with van der Waals surface area (Å²) in [6.45, 7) is 8.48. The van der Waals surface area contributed by atoms with Crippen molar-refractivity contribution in [2.75, 3.05) is 0 Å². The van der Waals surface area contributed by atoms with Crippen molar-refractivity contribution in [1.29, 1.82) is 0 Å². The maximum atomic E-state index is 13.8. The van der Waals surface area contributed by atoms with E-state index in [2.05, 4.69) is 4.98 Å². The Morgan fingerprint density at radius 3 is 2.22 bits per heavy atom. The highest BCUT2D eigenvalue weighted by atomic mass is 19.1. The Labute approximate surface area is 239 Å². The lowest BCUT2D eigenvalue weighted by Gasteiger charge is -2.21. The van der Waals surface area contributed by atoms with E-state index in [1.54, 1.807) is 35.3 Å². The molecule has 5 rings (SSSR count). The highest BCUT2D eigenvalue weighted by molar-refractivity contribution is 5.45. The van der Waals surface area contributed by atoms with Crippen molar-refractivity contribution in [1.82, 2.24) is 14.1 Å². The molecule has 0 aliphatic carbocycles. The van der Waals surface area contributed by atoms with E-state index >= 15 is 0 Å². The Balaban J connectivity index is 1.48. The number of pyridine rings is 1. The van der Waals surface area contributed by atoms with Gasteiger partial charge in [-0.2, -0.15) is 0 Å². The molecule has 0 aliphatic heterocycles. The van der Waals surface area contributed by atoms with Crippen LogP contribution in [0.15, 0.2) is 96.3 Å². The largest absolute Gasteiger partial charge is 0.383 e. The molecule has 0 amide bonds. The van der Waals surface area contributed by atoms with E-state index in [4.69, 9.17) is 4.74 Å². The van der Waals surface area contributed by atoms with Gasteiger partial charge in [0.25, 0.3) is 5.56 Å². The van der Waals surface area contributed by atoms with Crippen LogP contribution in [0.1, 0.15) is 63.7 Å². The predicted octanol–water partition coefficient (Wildman–Crippen LogP) is 6.51. The third-order valence-corrected chi connectivity index (χ3v) is 7.38. The van der Waals surface area contributed by atoms with Crippen LogP contribution in [0.2, 0.25) is 0 Å². The summed E-state index contributed by atoms with van der Waals surface area (Å²) in [6.07, 6.45) is 4.30. The van der Waals surface area contributed by atoms with Gasteiger partial charge < -0.3 is 19.0 Å². The summed E-state index contributed by atoms with van der Waals surface area (Å²) >= 11 is 0. The van der Waals surface area contributed by atoms with Crippen LogP contribution in [-0.2, 0) is 18.0 Å². The van der Waals surface area contributed by atoms with E-state index in [0.717, 1.165) is 33.6 Å². The van der Waals surface area contributed by atoms with Gasteiger partial charge in [0.1, 0.15) is 11.9 Å². The fourth-order valence-electron chi connectivity index (χ4n) is 4.99. The van der Waals surface area contributed by atoms with Crippen molar-refractivity contribution in [3.05, 3.63) is 152 Å². The summed E-state index contributed by atoms with van der Waals surface area (Å²) in [4.78, 5) is 18.1. The number of aromatic nitrogens is 3. The molecule has 6 nitrogen and oxygen atoms in total. The van der Waals surface area contributed by atoms with Gasteiger partial charge in [-0.15, -0.1) is 0 Å². The standard InChI is InChI=1S/C34H34FN3O3/c1-22-5-7-26(8-6-22)19-41-20-27-16-31(34(40)38(18-27)25(4)28-9-12-30(35)13-10-28)33(39)29-11-14-32(23(2)15-29)37-17-24(3)36-21-37/h5-18,21,25,33,39H,19-20H2,1-4H3/t25-,33?/m0/s1. The minimum absolute atomic E-state index is 0.251. The molecule has 7 heteroatoms. The summed E-state index contributed by atoms with van der Waals surface area (Å²) in [5.41, 5.74) is 7.10. The topological polar surface area (TPSA) is 69.3 Å². The molecule has 2 atom stereocenters. The van der Waals surface area contributed by atoms with Crippen molar-refractivity contribution in [3.63, 3.8) is 0 Å². The molecule has 2 aromatic heterocycles. The summed E-state index contributed by atoms with van der Waals surface area (Å²) in [7, 11) is 0. The van der Waals surface area contributed by atoms with Crippen LogP contribution in [0.4, 0.5) is 4.39 Å². The van der Waals surface area contributed by atoms with Crippen LogP contribution in [-0.4, -0.2) is 19.2 Å². The summed E-state index contributed by atoms with van der Waals surface area (Å²) in [5, 5.41) is 11.5. The van der Waals surface area contributed by atoms with Gasteiger partial charge in [0.05, 0.1) is 36.8 Å². The molecule has 0 spiro atoms. The number of imidazole rings is 1. The second-order valence-corrected chi connectivity index (χ2v) is 10.6. The SMILES string of the molecule is Cc1ccc(COCc2cc(C(O)c3ccc(-n4cnc(C)c4)c(C)c3)c(=O)n([C@@H](C)c3ccc(F)cc3)c2)cc1. The molecule has 3 aromatic carbocycles. The van der Waals surface area contributed by atoms with E-state index in [1.807, 2.05) is 80.9 Å². The second kappa shape index (κ2) is 12.0. The van der Waals surface area contributed by atoms with Crippen molar-refractivity contribution in [2.24, 2.45) is 0 Å². The quantitative estimate of drug-likeness (QED) is 0.227. The van der Waals surface area contributed by atoms with Crippen LogP contribution in [0.25, 0.3) is 5.69 Å². The summed E-state index contributed by atoms with van der Waals surface area (Å²) in [6, 6.07) is 21.2. The first kappa shape index (κ1) is 28.2. The maximum absolute atomic E-state index is 13.8. The van der Waals surface area contributed by atoms with Gasteiger partial charge in [-0.25, -0.2) is 9.37 Å². The van der Waals surface area contributed by atoms with E-state index < -0.39 is 6.10 Å². The van der Waals surface area contributed by atoms with Gasteiger partial charge in [0.2, 0.25) is 0 Å². The fourth-order valence-corrected chi connectivity index (χ4v) is 4.99. The fraction of sp³-hybridized carbons (Fsp3) is 0.235. The van der Waals surface area contributed by atoms with Crippen LogP contribution in [0.5, 0.6) is 0 Å². The molecule has 0 saturated heterocycles. The third-order valence-electron chi connectivity index (χ3n) is 7.38. The molecule has 210 valence electrons. The maximum Gasteiger partial charge on any atom is 0.257 e. The zero-order valence-corrected chi connectivity index (χ0v) is 23.7. The number of ether oxygens (including phenoxy) is 1. The van der Waals surface area contributed by atoms with Crippen LogP contribution >= 0.6 is 0 Å². The first-order valence-electron chi connectivity index (χ1n) is 13.6. The van der Waals surface area contributed by atoms with Gasteiger partial charge in [-0.3, -0.25) is 4.79 Å². The van der Waals surface area contributed by atoms with Crippen molar-refractivity contribution < 1.29 is 14.2 Å². The van der Waals surface area contributed by atoms with E-state index in [0.29, 0.717) is 12.2 Å². The third kappa shape index (κ3) is 6.37. The Morgan fingerprint density at radius 1 is 0.878 bits per heavy atom. The number of hydrogen-bond acceptors (Lipinski definition) is 4. The number of rotatable bonds is 9. The van der Waals surface area contributed by atoms with Crippen LogP contribution in [0, 0.1) is 26.6 Å². The van der Waals surface area contributed by atoms with E-state index in [1.165, 1.54) is 17.7 Å². The molecular formula is C34H34FN3O3. The van der Waals surface area contributed by atoms with E-state index in [9.17, 15) is 14.3 Å². The van der Waals surface area contributed by atoms with Crippen LogP contribution < -0.4 is 5.56 Å². The second-order valence-electron chi connectivity index (χ2n) is 10.6. The summed E-state index contributed by atoms with van der Waals surface area (Å²) in [5.74, 6) is -0.340. The Hall–Kier alpha value is -4.33. The number of aliphatic hydroxyl groups excluding tert-OH is 1. The minimum atomic E-state index is -1.15. The number of aryl methyl sites for hydroxylation is 3. The number of benzene rings is 3. The minimum Gasteiger partial charge on any atom is -0.383 e. The molecule has 5 aromatic rings. The van der Waals surface area contributed by atoms with Crippen molar-refractivity contribution in [2.45, 2.75) is 53.1 Å². The van der Waals surface area contributed by atoms with Gasteiger partial charge in [-0.1, -0.05) is 54.1 Å². The molecule has 41 heavy (non-hydrogen) atoms. The highest BCUT2D eigenvalue weighted by Gasteiger charge is 2.21. The lowest BCUT2D eigenvalue weighted by molar-refractivity contribution is 0.106. The van der Waals surface area contributed by atoms with Crippen molar-refractivity contribution >= 4 is 0 Å². The van der Waals surface area contributed by atoms with Crippen molar-refractivity contribution in [3.8, 4) is 5.69 Å². The van der Waals surface area contributed by atoms with Gasteiger partial charge in [-0.05, 0) is 79.8 Å². The molecule has 0 bridgehead atoms. The zero-order chi connectivity index (χ0) is 29.1. The Bertz CT molecular complexity index is 1710. The number of halogens is 1. The monoisotopic (exact) mass is 551 g/mol. The Morgan fingerprint density at radius 2 is 1.56 bits per heavy atom. The van der Waals surface area contributed by atoms with Gasteiger partial charge in [0.15, 0.2) is 0 Å².